The third-order valence-corrected chi connectivity index (χ3v) is 7.82. The van der Waals surface area contributed by atoms with Crippen LogP contribution in [0.3, 0.4) is 0 Å². The Morgan fingerprint density at radius 3 is 2.57 bits per heavy atom. The summed E-state index contributed by atoms with van der Waals surface area (Å²) in [5.41, 5.74) is 0.517. The van der Waals surface area contributed by atoms with Crippen molar-refractivity contribution in [2.24, 2.45) is 7.05 Å². The zero-order chi connectivity index (χ0) is 31.4. The van der Waals surface area contributed by atoms with Crippen LogP contribution in [0.15, 0.2) is 36.5 Å². The van der Waals surface area contributed by atoms with E-state index in [1.54, 1.807) is 15.9 Å². The fourth-order valence-corrected chi connectivity index (χ4v) is 5.36. The van der Waals surface area contributed by atoms with Gasteiger partial charge >= 0.3 is 6.03 Å². The van der Waals surface area contributed by atoms with Crippen molar-refractivity contribution in [1.82, 2.24) is 30.0 Å². The van der Waals surface area contributed by atoms with E-state index in [0.717, 1.165) is 19.5 Å². The van der Waals surface area contributed by atoms with Crippen LogP contribution in [0.25, 0.3) is 11.3 Å². The number of nitrogens with zero attached hydrogens (tertiary/aromatic N) is 5. The number of imidazole rings is 1. The number of amides is 4. The Morgan fingerprint density at radius 1 is 1.14 bits per heavy atom. The highest BCUT2D eigenvalue weighted by atomic mass is 35.5. The van der Waals surface area contributed by atoms with Crippen LogP contribution in [0.1, 0.15) is 27.4 Å². The van der Waals surface area contributed by atoms with Gasteiger partial charge in [0.2, 0.25) is 5.82 Å². The SMILES string of the molecule is Cn1c(-c2ccc(OCC#N)c(F)c2F)cnc1C(=O)Nc1ccc(C(=O)N2CCN(C(=O)N[C@H]3CCNC3)CC2)c(Cl)c1. The van der Waals surface area contributed by atoms with Crippen LogP contribution in [0.4, 0.5) is 19.3 Å². The van der Waals surface area contributed by atoms with Gasteiger partial charge in [0, 0.05) is 57.1 Å². The van der Waals surface area contributed by atoms with E-state index in [0.29, 0.717) is 31.9 Å². The molecule has 2 saturated heterocycles. The molecule has 5 rings (SSSR count). The highest BCUT2D eigenvalue weighted by molar-refractivity contribution is 6.34. The zero-order valence-electron chi connectivity index (χ0n) is 23.7. The molecule has 2 aliphatic heterocycles. The highest BCUT2D eigenvalue weighted by Crippen LogP contribution is 2.30. The van der Waals surface area contributed by atoms with Gasteiger partial charge < -0.3 is 35.1 Å². The molecule has 0 saturated carbocycles. The van der Waals surface area contributed by atoms with Gasteiger partial charge in [-0.15, -0.1) is 0 Å². The number of carbonyl (C=O) groups excluding carboxylic acids is 3. The first-order valence-electron chi connectivity index (χ1n) is 13.8. The summed E-state index contributed by atoms with van der Waals surface area (Å²) in [5.74, 6) is -3.92. The van der Waals surface area contributed by atoms with E-state index in [4.69, 9.17) is 21.6 Å². The minimum atomic E-state index is -1.27. The lowest BCUT2D eigenvalue weighted by Gasteiger charge is -2.35. The van der Waals surface area contributed by atoms with Crippen LogP contribution in [0, 0.1) is 23.0 Å². The molecule has 12 nitrogen and oxygen atoms in total. The number of hydrogen-bond donors (Lipinski definition) is 3. The molecular formula is C29H29ClF2N8O4. The van der Waals surface area contributed by atoms with Gasteiger partial charge in [0.25, 0.3) is 11.8 Å². The van der Waals surface area contributed by atoms with E-state index in [9.17, 15) is 23.2 Å². The molecule has 44 heavy (non-hydrogen) atoms. The van der Waals surface area contributed by atoms with Crippen LogP contribution in [-0.4, -0.2) is 89.1 Å². The molecule has 230 valence electrons. The third-order valence-electron chi connectivity index (χ3n) is 7.51. The first-order valence-corrected chi connectivity index (χ1v) is 14.2. The lowest BCUT2D eigenvalue weighted by atomic mass is 10.1. The summed E-state index contributed by atoms with van der Waals surface area (Å²) in [6.45, 7) is 2.67. The van der Waals surface area contributed by atoms with Gasteiger partial charge in [-0.25, -0.2) is 14.2 Å². The maximum absolute atomic E-state index is 14.8. The number of urea groups is 1. The van der Waals surface area contributed by atoms with Crippen molar-refractivity contribution in [3.05, 3.63) is 64.6 Å². The summed E-state index contributed by atoms with van der Waals surface area (Å²) in [4.78, 5) is 46.1. The number of halogens is 3. The summed E-state index contributed by atoms with van der Waals surface area (Å²) in [6.07, 6.45) is 2.12. The molecule has 15 heteroatoms. The molecule has 0 radical (unpaired) electrons. The van der Waals surface area contributed by atoms with Gasteiger partial charge in [-0.3, -0.25) is 9.59 Å². The number of benzene rings is 2. The van der Waals surface area contributed by atoms with Crippen LogP contribution in [-0.2, 0) is 7.05 Å². The van der Waals surface area contributed by atoms with Gasteiger partial charge in [-0.1, -0.05) is 11.6 Å². The maximum Gasteiger partial charge on any atom is 0.317 e. The van der Waals surface area contributed by atoms with Crippen molar-refractivity contribution in [2.75, 3.05) is 51.2 Å². The zero-order valence-corrected chi connectivity index (χ0v) is 24.5. The summed E-state index contributed by atoms with van der Waals surface area (Å²) in [7, 11) is 1.47. The highest BCUT2D eigenvalue weighted by Gasteiger charge is 2.28. The van der Waals surface area contributed by atoms with E-state index in [1.807, 2.05) is 0 Å². The summed E-state index contributed by atoms with van der Waals surface area (Å²) < 4.78 is 35.4. The Balaban J connectivity index is 1.21. The maximum atomic E-state index is 14.8. The van der Waals surface area contributed by atoms with E-state index >= 15 is 0 Å². The van der Waals surface area contributed by atoms with Crippen molar-refractivity contribution >= 4 is 35.1 Å². The quantitative estimate of drug-likeness (QED) is 0.366. The molecule has 1 aromatic heterocycles. The Hall–Kier alpha value is -4.74. The van der Waals surface area contributed by atoms with Gasteiger partial charge in [-0.2, -0.15) is 9.65 Å². The van der Waals surface area contributed by atoms with Crippen molar-refractivity contribution in [1.29, 1.82) is 5.26 Å². The summed E-state index contributed by atoms with van der Waals surface area (Å²) in [6, 6.07) is 8.57. The number of ether oxygens (including phenoxy) is 1. The smallest absolute Gasteiger partial charge is 0.317 e. The van der Waals surface area contributed by atoms with Crippen LogP contribution in [0.2, 0.25) is 5.02 Å². The lowest BCUT2D eigenvalue weighted by molar-refractivity contribution is 0.0664. The molecule has 3 aromatic rings. The number of hydrogen-bond acceptors (Lipinski definition) is 7. The molecule has 2 aromatic carbocycles. The fraction of sp³-hybridized carbons (Fsp3) is 0.345. The molecule has 4 amide bonds. The van der Waals surface area contributed by atoms with E-state index < -0.39 is 29.9 Å². The number of carbonyl (C=O) groups is 3. The topological polar surface area (TPSA) is 145 Å². The molecule has 0 unspecified atom stereocenters. The Morgan fingerprint density at radius 2 is 1.89 bits per heavy atom. The Labute approximate surface area is 256 Å². The van der Waals surface area contributed by atoms with Gasteiger partial charge in [0.05, 0.1) is 22.5 Å². The van der Waals surface area contributed by atoms with Crippen LogP contribution in [0.5, 0.6) is 5.75 Å². The van der Waals surface area contributed by atoms with Crippen molar-refractivity contribution < 1.29 is 27.9 Å². The summed E-state index contributed by atoms with van der Waals surface area (Å²) >= 11 is 6.43. The minimum Gasteiger partial charge on any atom is -0.476 e. The largest absolute Gasteiger partial charge is 0.476 e. The van der Waals surface area contributed by atoms with E-state index in [2.05, 4.69) is 20.9 Å². The first-order chi connectivity index (χ1) is 21.2. The monoisotopic (exact) mass is 626 g/mol. The van der Waals surface area contributed by atoms with E-state index in [-0.39, 0.29) is 45.6 Å². The molecule has 3 heterocycles. The number of nitrogens with one attached hydrogen (secondary N) is 3. The predicted molar refractivity (Wildman–Crippen MR) is 156 cm³/mol. The Bertz CT molecular complexity index is 1630. The van der Waals surface area contributed by atoms with Crippen molar-refractivity contribution in [3.63, 3.8) is 0 Å². The number of rotatable bonds is 7. The number of nitriles is 1. The molecule has 2 fully saturated rings. The summed E-state index contributed by atoms with van der Waals surface area (Å²) in [5, 5.41) is 17.6. The molecule has 3 N–H and O–H groups in total. The van der Waals surface area contributed by atoms with Gasteiger partial charge in [0.15, 0.2) is 24.0 Å². The average molecular weight is 627 g/mol. The van der Waals surface area contributed by atoms with Crippen molar-refractivity contribution in [2.45, 2.75) is 12.5 Å². The van der Waals surface area contributed by atoms with Crippen LogP contribution < -0.4 is 20.7 Å². The average Bonchev–Trinajstić information content (AvgIpc) is 3.67. The normalized spacial score (nSPS) is 16.4. The number of anilines is 1. The first kappa shape index (κ1) is 30.7. The molecule has 2 aliphatic rings. The molecule has 0 bridgehead atoms. The van der Waals surface area contributed by atoms with E-state index in [1.165, 1.54) is 48.1 Å². The standard InChI is InChI=1S/C29H29ClF2N8O4/c1-38-22(20-4-5-23(44-13-7-33)25(32)24(20)31)16-35-26(38)27(41)36-17-2-3-19(21(30)14-17)28(42)39-9-11-40(12-10-39)29(43)37-18-6-8-34-15-18/h2-5,14,16,18,34H,6,8-13,15H2,1H3,(H,36,41)(H,37,43)/t18-/m0/s1. The van der Waals surface area contributed by atoms with Crippen molar-refractivity contribution in [3.8, 4) is 23.1 Å². The second-order valence-electron chi connectivity index (χ2n) is 10.3. The molecule has 1 atom stereocenters. The fourth-order valence-electron chi connectivity index (χ4n) is 5.10. The number of aromatic nitrogens is 2. The second-order valence-corrected chi connectivity index (χ2v) is 10.7. The molecule has 0 aliphatic carbocycles. The third kappa shape index (κ3) is 6.43. The van der Waals surface area contributed by atoms with Gasteiger partial charge in [-0.05, 0) is 43.3 Å². The molecular weight excluding hydrogens is 598 g/mol. The number of piperazine rings is 1. The predicted octanol–water partition coefficient (Wildman–Crippen LogP) is 3.00. The minimum absolute atomic E-state index is 0.0907. The van der Waals surface area contributed by atoms with Crippen LogP contribution >= 0.6 is 11.6 Å². The Kier molecular flexibility index (Phi) is 9.26. The molecule has 0 spiro atoms. The van der Waals surface area contributed by atoms with Gasteiger partial charge in [0.1, 0.15) is 6.07 Å². The lowest BCUT2D eigenvalue weighted by Crippen LogP contribution is -2.54. The second kappa shape index (κ2) is 13.3.